The highest BCUT2D eigenvalue weighted by molar-refractivity contribution is 5.89. The minimum absolute atomic E-state index is 0.0550. The lowest BCUT2D eigenvalue weighted by molar-refractivity contribution is -0.161. The number of hydrogen-bond donors (Lipinski definition) is 1. The number of amides is 1. The fourth-order valence-corrected chi connectivity index (χ4v) is 4.49. The molecular weight excluding hydrogens is 304 g/mol. The van der Waals surface area contributed by atoms with Gasteiger partial charge in [0.2, 0.25) is 5.91 Å². The van der Waals surface area contributed by atoms with Gasteiger partial charge in [-0.1, -0.05) is 25.1 Å². The minimum atomic E-state index is -0.355. The van der Waals surface area contributed by atoms with Crippen LogP contribution in [0.15, 0.2) is 24.3 Å². The summed E-state index contributed by atoms with van der Waals surface area (Å²) >= 11 is 0. The van der Waals surface area contributed by atoms with Crippen molar-refractivity contribution < 1.29 is 14.3 Å². The number of benzene rings is 1. The van der Waals surface area contributed by atoms with E-state index >= 15 is 0 Å². The maximum absolute atomic E-state index is 13.0. The van der Waals surface area contributed by atoms with Crippen LogP contribution in [-0.4, -0.2) is 35.4 Å². The standard InChI is InChI=1S/C19H22N2O3/c1-3-11-14(19(23)24-2)10-16-17-13(8-9-21(16)18(11)22)12-6-4-5-7-15(12)20-17/h4-7,11,14,16,20H,3,8-10H2,1-2H3. The Morgan fingerprint density at radius 3 is 2.92 bits per heavy atom. The molecule has 24 heavy (non-hydrogen) atoms. The van der Waals surface area contributed by atoms with E-state index in [9.17, 15) is 9.59 Å². The van der Waals surface area contributed by atoms with Gasteiger partial charge in [0.05, 0.1) is 25.0 Å². The summed E-state index contributed by atoms with van der Waals surface area (Å²) in [7, 11) is 1.40. The molecule has 1 fully saturated rings. The maximum atomic E-state index is 13.0. The van der Waals surface area contributed by atoms with Gasteiger partial charge in [-0.3, -0.25) is 9.59 Å². The van der Waals surface area contributed by atoms with E-state index in [0.29, 0.717) is 12.8 Å². The summed E-state index contributed by atoms with van der Waals surface area (Å²) in [5.74, 6) is -0.794. The van der Waals surface area contributed by atoms with E-state index in [4.69, 9.17) is 4.74 Å². The molecule has 2 aromatic rings. The molecule has 2 aliphatic heterocycles. The van der Waals surface area contributed by atoms with Gasteiger partial charge >= 0.3 is 5.97 Å². The molecule has 1 saturated heterocycles. The van der Waals surface area contributed by atoms with Gasteiger partial charge in [0.1, 0.15) is 0 Å². The van der Waals surface area contributed by atoms with Crippen LogP contribution in [0.2, 0.25) is 0 Å². The van der Waals surface area contributed by atoms with Crippen molar-refractivity contribution in [1.29, 1.82) is 0 Å². The molecule has 3 unspecified atom stereocenters. The summed E-state index contributed by atoms with van der Waals surface area (Å²) in [4.78, 5) is 30.7. The molecule has 5 heteroatoms. The number of esters is 1. The zero-order valence-corrected chi connectivity index (χ0v) is 14.0. The molecule has 0 spiro atoms. The number of H-pyrrole nitrogens is 1. The van der Waals surface area contributed by atoms with Crippen LogP contribution in [0.25, 0.3) is 10.9 Å². The number of carbonyl (C=O) groups excluding carboxylic acids is 2. The fourth-order valence-electron chi connectivity index (χ4n) is 4.49. The predicted molar refractivity (Wildman–Crippen MR) is 90.4 cm³/mol. The number of hydrogen-bond acceptors (Lipinski definition) is 3. The molecule has 4 rings (SSSR count). The fraction of sp³-hybridized carbons (Fsp3) is 0.474. The number of aromatic nitrogens is 1. The highest BCUT2D eigenvalue weighted by atomic mass is 16.5. The summed E-state index contributed by atoms with van der Waals surface area (Å²) in [6.45, 7) is 2.69. The Morgan fingerprint density at radius 1 is 1.38 bits per heavy atom. The molecule has 3 heterocycles. The van der Waals surface area contributed by atoms with Crippen molar-refractivity contribution in [2.45, 2.75) is 32.2 Å². The predicted octanol–water partition coefficient (Wildman–Crippen LogP) is 2.81. The number of ether oxygens (including phenoxy) is 1. The smallest absolute Gasteiger partial charge is 0.309 e. The van der Waals surface area contributed by atoms with Gasteiger partial charge < -0.3 is 14.6 Å². The Morgan fingerprint density at radius 2 is 2.17 bits per heavy atom. The van der Waals surface area contributed by atoms with Crippen molar-refractivity contribution in [2.24, 2.45) is 11.8 Å². The Labute approximate surface area is 141 Å². The van der Waals surface area contributed by atoms with Crippen molar-refractivity contribution in [3.8, 4) is 0 Å². The third-order valence-corrected chi connectivity index (χ3v) is 5.67. The first-order valence-corrected chi connectivity index (χ1v) is 8.63. The van der Waals surface area contributed by atoms with Crippen LogP contribution in [0.4, 0.5) is 0 Å². The van der Waals surface area contributed by atoms with Crippen molar-refractivity contribution in [1.82, 2.24) is 9.88 Å². The number of aromatic amines is 1. The first-order chi connectivity index (χ1) is 11.7. The Bertz CT molecular complexity index is 810. The van der Waals surface area contributed by atoms with E-state index in [1.807, 2.05) is 24.0 Å². The molecule has 0 saturated carbocycles. The van der Waals surface area contributed by atoms with E-state index in [-0.39, 0.29) is 29.8 Å². The molecule has 1 amide bonds. The van der Waals surface area contributed by atoms with Crippen LogP contribution < -0.4 is 0 Å². The Hall–Kier alpha value is -2.30. The van der Waals surface area contributed by atoms with E-state index in [2.05, 4.69) is 17.1 Å². The molecule has 1 aromatic heterocycles. The first kappa shape index (κ1) is 15.2. The van der Waals surface area contributed by atoms with Crippen LogP contribution >= 0.6 is 0 Å². The lowest BCUT2D eigenvalue weighted by Gasteiger charge is -2.44. The summed E-state index contributed by atoms with van der Waals surface area (Å²) in [6.07, 6.45) is 2.17. The Kier molecular flexibility index (Phi) is 3.59. The highest BCUT2D eigenvalue weighted by Crippen LogP contribution is 2.44. The Balaban J connectivity index is 1.79. The minimum Gasteiger partial charge on any atom is -0.469 e. The van der Waals surface area contributed by atoms with Crippen molar-refractivity contribution >= 4 is 22.8 Å². The number of rotatable bonds is 2. The van der Waals surface area contributed by atoms with Crippen LogP contribution in [-0.2, 0) is 20.7 Å². The van der Waals surface area contributed by atoms with Crippen LogP contribution in [0.1, 0.15) is 37.1 Å². The third-order valence-electron chi connectivity index (χ3n) is 5.67. The number of para-hydroxylation sites is 1. The molecule has 0 aliphatic carbocycles. The van der Waals surface area contributed by atoms with Gasteiger partial charge in [0, 0.05) is 23.1 Å². The quantitative estimate of drug-likeness (QED) is 0.863. The number of methoxy groups -OCH3 is 1. The van der Waals surface area contributed by atoms with Crippen molar-refractivity contribution in [3.63, 3.8) is 0 Å². The maximum Gasteiger partial charge on any atom is 0.309 e. The number of nitrogens with zero attached hydrogens (tertiary/aromatic N) is 1. The molecule has 2 aliphatic rings. The lowest BCUT2D eigenvalue weighted by atomic mass is 9.77. The summed E-state index contributed by atoms with van der Waals surface area (Å²) in [5, 5.41) is 1.23. The average molecular weight is 326 g/mol. The number of piperidine rings is 1. The van der Waals surface area contributed by atoms with Gasteiger partial charge in [-0.2, -0.15) is 0 Å². The summed E-state index contributed by atoms with van der Waals surface area (Å²) < 4.78 is 4.98. The SMILES string of the molecule is CCC1C(=O)N2CCc3c([nH]c4ccccc34)C2CC1C(=O)OC. The number of fused-ring (bicyclic) bond motifs is 5. The second kappa shape index (κ2) is 5.65. The summed E-state index contributed by atoms with van der Waals surface area (Å²) in [6, 6.07) is 8.19. The van der Waals surface area contributed by atoms with Gasteiger partial charge in [-0.05, 0) is 30.9 Å². The first-order valence-electron chi connectivity index (χ1n) is 8.63. The summed E-state index contributed by atoms with van der Waals surface area (Å²) in [5.41, 5.74) is 3.49. The van der Waals surface area contributed by atoms with Gasteiger partial charge in [0.15, 0.2) is 0 Å². The zero-order chi connectivity index (χ0) is 16.8. The van der Waals surface area contributed by atoms with Crippen LogP contribution in [0.5, 0.6) is 0 Å². The van der Waals surface area contributed by atoms with Crippen molar-refractivity contribution in [3.05, 3.63) is 35.5 Å². The monoisotopic (exact) mass is 326 g/mol. The van der Waals surface area contributed by atoms with Crippen LogP contribution in [0, 0.1) is 11.8 Å². The van der Waals surface area contributed by atoms with E-state index < -0.39 is 0 Å². The molecule has 3 atom stereocenters. The van der Waals surface area contributed by atoms with Crippen LogP contribution in [0.3, 0.4) is 0 Å². The molecule has 0 bridgehead atoms. The van der Waals surface area contributed by atoms with E-state index in [1.54, 1.807) is 0 Å². The highest BCUT2D eigenvalue weighted by Gasteiger charge is 2.47. The topological polar surface area (TPSA) is 62.4 Å². The second-order valence-corrected chi connectivity index (χ2v) is 6.74. The molecule has 1 N–H and O–H groups in total. The van der Waals surface area contributed by atoms with Gasteiger partial charge in [0.25, 0.3) is 0 Å². The van der Waals surface area contributed by atoms with Gasteiger partial charge in [-0.25, -0.2) is 0 Å². The number of nitrogens with one attached hydrogen (secondary N) is 1. The van der Waals surface area contributed by atoms with E-state index in [0.717, 1.165) is 24.2 Å². The van der Waals surface area contributed by atoms with E-state index in [1.165, 1.54) is 18.1 Å². The molecule has 1 aromatic carbocycles. The average Bonchev–Trinajstić information content (AvgIpc) is 3.00. The molecular formula is C19H22N2O3. The second-order valence-electron chi connectivity index (χ2n) is 6.74. The normalized spacial score (nSPS) is 26.2. The largest absolute Gasteiger partial charge is 0.469 e. The molecule has 0 radical (unpaired) electrons. The zero-order valence-electron chi connectivity index (χ0n) is 14.0. The lowest BCUT2D eigenvalue weighted by Crippen LogP contribution is -2.51. The molecule has 5 nitrogen and oxygen atoms in total. The third kappa shape index (κ3) is 2.07. The van der Waals surface area contributed by atoms with Crippen molar-refractivity contribution in [2.75, 3.05) is 13.7 Å². The van der Waals surface area contributed by atoms with Gasteiger partial charge in [-0.15, -0.1) is 0 Å². The molecule has 126 valence electrons. The number of carbonyl (C=O) groups is 2.